The van der Waals surface area contributed by atoms with Crippen LogP contribution in [-0.2, 0) is 12.0 Å². The summed E-state index contributed by atoms with van der Waals surface area (Å²) in [6.07, 6.45) is 1.47. The van der Waals surface area contributed by atoms with Gasteiger partial charge in [0.15, 0.2) is 0 Å². The Kier molecular flexibility index (Phi) is 8.36. The largest absolute Gasteiger partial charge is 0.477 e. The molecule has 0 amide bonds. The van der Waals surface area contributed by atoms with E-state index >= 15 is 0 Å². The molecule has 1 heterocycles. The number of aliphatic hydroxyl groups excluding tert-OH is 1. The minimum atomic E-state index is -3.74. The number of aromatic nitrogens is 1. The lowest BCUT2D eigenvalue weighted by molar-refractivity contribution is 0.0686. The van der Waals surface area contributed by atoms with Gasteiger partial charge in [-0.25, -0.2) is 4.79 Å². The molecular formula is C15H12Cl3F2NO4S. The summed E-state index contributed by atoms with van der Waals surface area (Å²) in [5.41, 5.74) is -1.80. The maximum atomic E-state index is 12.7. The summed E-state index contributed by atoms with van der Waals surface area (Å²) in [7, 11) is 0. The van der Waals surface area contributed by atoms with Crippen LogP contribution in [0.3, 0.4) is 0 Å². The van der Waals surface area contributed by atoms with Crippen molar-refractivity contribution in [2.45, 2.75) is 16.9 Å². The zero-order valence-corrected chi connectivity index (χ0v) is 16.1. The first-order valence-corrected chi connectivity index (χ1v) is 9.03. The Morgan fingerprint density at radius 2 is 1.92 bits per heavy atom. The van der Waals surface area contributed by atoms with Gasteiger partial charge < -0.3 is 15.2 Å². The van der Waals surface area contributed by atoms with Gasteiger partial charge in [0.2, 0.25) is 0 Å². The molecule has 1 aromatic carbocycles. The molecule has 142 valence electrons. The number of carboxylic acid groups (broad SMARTS) is 1. The third-order valence-corrected chi connectivity index (χ3v) is 4.47. The van der Waals surface area contributed by atoms with Crippen LogP contribution in [0, 0.1) is 0 Å². The Bertz CT molecular complexity index is 856. The number of hydrogen-bond donors (Lipinski definition) is 3. The molecule has 0 radical (unpaired) electrons. The Hall–Kier alpha value is -1.32. The molecule has 1 aromatic heterocycles. The molecule has 0 aliphatic rings. The van der Waals surface area contributed by atoms with E-state index in [0.29, 0.717) is 15.6 Å². The van der Waals surface area contributed by atoms with Gasteiger partial charge in [-0.05, 0) is 41.6 Å². The van der Waals surface area contributed by atoms with Gasteiger partial charge in [0.05, 0.1) is 6.61 Å². The predicted octanol–water partition coefficient (Wildman–Crippen LogP) is 4.57. The van der Waals surface area contributed by atoms with Crippen molar-refractivity contribution in [1.29, 1.82) is 0 Å². The number of thioether (sulfide) groups is 1. The monoisotopic (exact) mass is 445 g/mol. The number of benzene rings is 1. The van der Waals surface area contributed by atoms with Crippen molar-refractivity contribution in [3.05, 3.63) is 61.5 Å². The van der Waals surface area contributed by atoms with Gasteiger partial charge in [0.1, 0.15) is 11.3 Å². The first kappa shape index (κ1) is 22.7. The number of halogens is 5. The van der Waals surface area contributed by atoms with Crippen LogP contribution in [0.25, 0.3) is 0 Å². The van der Waals surface area contributed by atoms with Gasteiger partial charge in [0, 0.05) is 14.9 Å². The van der Waals surface area contributed by atoms with E-state index in [-0.39, 0.29) is 11.5 Å². The topological polar surface area (TPSA) is 90.4 Å². The van der Waals surface area contributed by atoms with Crippen molar-refractivity contribution < 1.29 is 23.8 Å². The summed E-state index contributed by atoms with van der Waals surface area (Å²) in [6, 6.07) is 5.85. The van der Waals surface area contributed by atoms with Gasteiger partial charge in [-0.3, -0.25) is 4.79 Å². The van der Waals surface area contributed by atoms with E-state index < -0.39 is 28.2 Å². The third-order valence-electron chi connectivity index (χ3n) is 2.92. The minimum Gasteiger partial charge on any atom is -0.477 e. The number of aliphatic hydroxyl groups is 1. The van der Waals surface area contributed by atoms with Crippen LogP contribution < -0.4 is 5.56 Å². The van der Waals surface area contributed by atoms with E-state index in [4.69, 9.17) is 45.0 Å². The van der Waals surface area contributed by atoms with Crippen LogP contribution in [0.2, 0.25) is 10.0 Å². The highest BCUT2D eigenvalue weighted by Crippen LogP contribution is 2.32. The van der Waals surface area contributed by atoms with Crippen molar-refractivity contribution in [3.8, 4) is 0 Å². The summed E-state index contributed by atoms with van der Waals surface area (Å²) in [5.74, 6) is -1.48. The molecule has 3 N–H and O–H groups in total. The standard InChI is InChI=1S/C8H6ClF2NO3S.C7H6Cl2O/c1-16-3-2-4(8(9,10)11)12-6(13)5(3)7(14)15;8-6-2-1-5(4-10)7(9)3-6/h2H,1H3,(H,12,13)(H,14,15);1-3,10H,4H2. The average Bonchev–Trinajstić information content (AvgIpc) is 2.53. The van der Waals surface area contributed by atoms with E-state index in [1.54, 1.807) is 23.2 Å². The number of aromatic carboxylic acids is 1. The van der Waals surface area contributed by atoms with Crippen LogP contribution in [0.4, 0.5) is 8.78 Å². The fraction of sp³-hybridized carbons (Fsp3) is 0.200. The Balaban J connectivity index is 0.000000289. The predicted molar refractivity (Wildman–Crippen MR) is 97.9 cm³/mol. The number of aromatic amines is 1. The maximum Gasteiger partial charge on any atom is 0.362 e. The van der Waals surface area contributed by atoms with Crippen molar-refractivity contribution in [2.75, 3.05) is 6.26 Å². The van der Waals surface area contributed by atoms with Gasteiger partial charge in [-0.15, -0.1) is 11.8 Å². The van der Waals surface area contributed by atoms with Gasteiger partial charge in [-0.2, -0.15) is 8.78 Å². The zero-order chi connectivity index (χ0) is 20.1. The van der Waals surface area contributed by atoms with Gasteiger partial charge in [-0.1, -0.05) is 29.3 Å². The molecule has 2 aromatic rings. The quantitative estimate of drug-likeness (QED) is 0.473. The molecule has 0 atom stereocenters. The van der Waals surface area contributed by atoms with Crippen molar-refractivity contribution in [1.82, 2.24) is 4.98 Å². The van der Waals surface area contributed by atoms with Crippen LogP contribution >= 0.6 is 46.6 Å². The second-order valence-corrected chi connectivity index (χ2v) is 6.82. The van der Waals surface area contributed by atoms with E-state index in [0.717, 1.165) is 17.8 Å². The van der Waals surface area contributed by atoms with Crippen molar-refractivity contribution in [2.24, 2.45) is 0 Å². The summed E-state index contributed by atoms with van der Waals surface area (Å²) in [6.45, 7) is -0.0456. The molecular weight excluding hydrogens is 435 g/mol. The number of pyridine rings is 1. The molecule has 11 heteroatoms. The molecule has 0 saturated carbocycles. The first-order chi connectivity index (χ1) is 12.0. The third kappa shape index (κ3) is 6.14. The second kappa shape index (κ2) is 9.57. The van der Waals surface area contributed by atoms with E-state index in [2.05, 4.69) is 0 Å². The van der Waals surface area contributed by atoms with E-state index in [1.807, 2.05) is 0 Å². The van der Waals surface area contributed by atoms with E-state index in [1.165, 1.54) is 6.26 Å². The van der Waals surface area contributed by atoms with Crippen LogP contribution in [-0.4, -0.2) is 27.4 Å². The summed E-state index contributed by atoms with van der Waals surface area (Å²) < 4.78 is 25.4. The minimum absolute atomic E-state index is 0.0456. The number of hydrogen-bond acceptors (Lipinski definition) is 4. The van der Waals surface area contributed by atoms with E-state index in [9.17, 15) is 18.4 Å². The zero-order valence-electron chi connectivity index (χ0n) is 13.0. The highest BCUT2D eigenvalue weighted by molar-refractivity contribution is 7.98. The highest BCUT2D eigenvalue weighted by Gasteiger charge is 2.31. The highest BCUT2D eigenvalue weighted by atomic mass is 35.5. The summed E-state index contributed by atoms with van der Waals surface area (Å²) >= 11 is 16.9. The smallest absolute Gasteiger partial charge is 0.362 e. The molecule has 0 bridgehead atoms. The lowest BCUT2D eigenvalue weighted by Crippen LogP contribution is -2.23. The molecule has 0 aliphatic carbocycles. The second-order valence-electron chi connectivity index (χ2n) is 4.65. The summed E-state index contributed by atoms with van der Waals surface area (Å²) in [5, 5.41) is 14.8. The Morgan fingerprint density at radius 3 is 2.35 bits per heavy atom. The fourth-order valence-corrected chi connectivity index (χ4v) is 2.89. The average molecular weight is 447 g/mol. The molecule has 0 fully saturated rings. The maximum absolute atomic E-state index is 12.7. The van der Waals surface area contributed by atoms with Gasteiger partial charge in [0.25, 0.3) is 5.56 Å². The SMILES string of the molecule is CSc1cc(C(F)(F)Cl)[nH]c(=O)c1C(=O)O.OCc1ccc(Cl)cc1Cl. The number of nitrogens with one attached hydrogen (secondary N) is 1. The van der Waals surface area contributed by atoms with Crippen LogP contribution in [0.15, 0.2) is 34.0 Å². The molecule has 26 heavy (non-hydrogen) atoms. The number of alkyl halides is 3. The van der Waals surface area contributed by atoms with Crippen molar-refractivity contribution >= 4 is 52.5 Å². The van der Waals surface area contributed by atoms with Crippen LogP contribution in [0.1, 0.15) is 21.6 Å². The Labute approximate surface area is 165 Å². The molecule has 5 nitrogen and oxygen atoms in total. The lowest BCUT2D eigenvalue weighted by atomic mass is 10.2. The number of H-pyrrole nitrogens is 1. The number of carboxylic acids is 1. The molecule has 2 rings (SSSR count). The number of rotatable bonds is 4. The molecule has 0 aliphatic heterocycles. The normalized spacial score (nSPS) is 10.9. The van der Waals surface area contributed by atoms with Crippen molar-refractivity contribution in [3.63, 3.8) is 0 Å². The van der Waals surface area contributed by atoms with Gasteiger partial charge >= 0.3 is 11.4 Å². The molecule has 0 saturated heterocycles. The molecule has 0 unspecified atom stereocenters. The lowest BCUT2D eigenvalue weighted by Gasteiger charge is -2.10. The first-order valence-electron chi connectivity index (χ1n) is 6.67. The molecule has 0 spiro atoms. The Morgan fingerprint density at radius 1 is 1.31 bits per heavy atom. The number of carbonyl (C=O) groups is 1. The summed E-state index contributed by atoms with van der Waals surface area (Å²) in [4.78, 5) is 23.7. The van der Waals surface area contributed by atoms with Crippen LogP contribution in [0.5, 0.6) is 0 Å². The fourth-order valence-electron chi connectivity index (χ4n) is 1.70.